The summed E-state index contributed by atoms with van der Waals surface area (Å²) in [6, 6.07) is 21.1. The molecule has 0 N–H and O–H groups in total. The molecule has 3 aromatic rings. The average Bonchev–Trinajstić information content (AvgIpc) is 2.84. The molecular formula is C28H29F2NOS. The van der Waals surface area contributed by atoms with Gasteiger partial charge in [0.05, 0.1) is 10.8 Å². The third-order valence-corrected chi connectivity index (χ3v) is 7.78. The smallest absolute Gasteiger partial charge is 0.123 e. The van der Waals surface area contributed by atoms with Crippen LogP contribution < -0.4 is 0 Å². The lowest BCUT2D eigenvalue weighted by molar-refractivity contribution is 0.288. The van der Waals surface area contributed by atoms with Gasteiger partial charge in [-0.05, 0) is 80.3 Å². The van der Waals surface area contributed by atoms with Gasteiger partial charge < -0.3 is 0 Å². The van der Waals surface area contributed by atoms with Crippen LogP contribution in [0.15, 0.2) is 88.7 Å². The van der Waals surface area contributed by atoms with Crippen molar-refractivity contribution in [2.45, 2.75) is 37.0 Å². The van der Waals surface area contributed by atoms with Crippen LogP contribution in [0.25, 0.3) is 0 Å². The monoisotopic (exact) mass is 465 g/mol. The number of rotatable bonds is 8. The maximum absolute atomic E-state index is 13.4. The van der Waals surface area contributed by atoms with E-state index in [9.17, 15) is 13.0 Å². The summed E-state index contributed by atoms with van der Waals surface area (Å²) in [6.45, 7) is 4.65. The molecule has 2 nitrogen and oxygen atoms in total. The predicted octanol–water partition coefficient (Wildman–Crippen LogP) is 6.58. The SMILES string of the molecule is Cc1ccc([S@](=O)C2=CCN(CCCC(c3ccc(F)cc3)c3ccc(F)cc3)CC2)cc1. The van der Waals surface area contributed by atoms with E-state index in [1.165, 1.54) is 29.8 Å². The third-order valence-electron chi connectivity index (χ3n) is 6.24. The van der Waals surface area contributed by atoms with Crippen molar-refractivity contribution in [3.63, 3.8) is 0 Å². The first-order valence-electron chi connectivity index (χ1n) is 11.4. The Balaban J connectivity index is 1.35. The minimum atomic E-state index is -1.09. The van der Waals surface area contributed by atoms with Gasteiger partial charge in [-0.15, -0.1) is 0 Å². The third kappa shape index (κ3) is 6.24. The van der Waals surface area contributed by atoms with Crippen molar-refractivity contribution in [3.8, 4) is 0 Å². The maximum atomic E-state index is 13.4. The first-order valence-corrected chi connectivity index (χ1v) is 12.6. The number of aryl methyl sites for hydroxylation is 1. The zero-order valence-electron chi connectivity index (χ0n) is 18.8. The highest BCUT2D eigenvalue weighted by Gasteiger charge is 2.19. The molecule has 3 aromatic carbocycles. The molecule has 0 aromatic heterocycles. The lowest BCUT2D eigenvalue weighted by atomic mass is 9.87. The average molecular weight is 466 g/mol. The summed E-state index contributed by atoms with van der Waals surface area (Å²) in [6.07, 6.45) is 4.76. The number of benzene rings is 3. The van der Waals surface area contributed by atoms with Crippen LogP contribution in [-0.4, -0.2) is 28.7 Å². The summed E-state index contributed by atoms with van der Waals surface area (Å²) in [4.78, 5) is 4.25. The van der Waals surface area contributed by atoms with Crippen LogP contribution in [0, 0.1) is 18.6 Å². The van der Waals surface area contributed by atoms with Crippen LogP contribution in [0.1, 0.15) is 41.9 Å². The largest absolute Gasteiger partial charge is 0.299 e. The highest BCUT2D eigenvalue weighted by molar-refractivity contribution is 7.89. The van der Waals surface area contributed by atoms with E-state index in [0.29, 0.717) is 0 Å². The molecule has 1 aliphatic heterocycles. The van der Waals surface area contributed by atoms with E-state index in [0.717, 1.165) is 59.8 Å². The van der Waals surface area contributed by atoms with Crippen molar-refractivity contribution < 1.29 is 13.0 Å². The van der Waals surface area contributed by atoms with E-state index in [1.807, 2.05) is 55.5 Å². The lowest BCUT2D eigenvalue weighted by Crippen LogP contribution is -2.30. The molecule has 0 unspecified atom stereocenters. The van der Waals surface area contributed by atoms with Gasteiger partial charge in [-0.3, -0.25) is 4.90 Å². The van der Waals surface area contributed by atoms with Crippen molar-refractivity contribution in [1.82, 2.24) is 4.90 Å². The van der Waals surface area contributed by atoms with Gasteiger partial charge in [-0.1, -0.05) is 48.0 Å². The Morgan fingerprint density at radius 2 is 1.45 bits per heavy atom. The normalized spacial score (nSPS) is 15.5. The zero-order chi connectivity index (χ0) is 23.2. The van der Waals surface area contributed by atoms with Crippen molar-refractivity contribution in [3.05, 3.63) is 112 Å². The molecule has 5 heteroatoms. The number of halogens is 2. The quantitative estimate of drug-likeness (QED) is 0.374. The molecule has 0 radical (unpaired) electrons. The Bertz CT molecular complexity index is 1060. The molecule has 4 rings (SSSR count). The summed E-state index contributed by atoms with van der Waals surface area (Å²) in [7, 11) is -1.09. The van der Waals surface area contributed by atoms with Gasteiger partial charge in [-0.2, -0.15) is 0 Å². The van der Waals surface area contributed by atoms with Gasteiger partial charge in [0, 0.05) is 28.8 Å². The van der Waals surface area contributed by atoms with Crippen LogP contribution in [-0.2, 0) is 10.8 Å². The number of nitrogens with zero attached hydrogens (tertiary/aromatic N) is 1. The minimum absolute atomic E-state index is 0.0936. The predicted molar refractivity (Wildman–Crippen MR) is 131 cm³/mol. The Morgan fingerprint density at radius 1 is 0.879 bits per heavy atom. The van der Waals surface area contributed by atoms with Gasteiger partial charge in [0.25, 0.3) is 0 Å². The van der Waals surface area contributed by atoms with E-state index in [1.54, 1.807) is 0 Å². The van der Waals surface area contributed by atoms with Crippen molar-refractivity contribution in [2.24, 2.45) is 0 Å². The first-order chi connectivity index (χ1) is 16.0. The Morgan fingerprint density at radius 3 is 1.97 bits per heavy atom. The molecule has 0 saturated heterocycles. The number of hydrogen-bond acceptors (Lipinski definition) is 2. The Kier molecular flexibility index (Phi) is 7.84. The van der Waals surface area contributed by atoms with Crippen molar-refractivity contribution in [2.75, 3.05) is 19.6 Å². The Labute approximate surface area is 197 Å². The number of hydrogen-bond donors (Lipinski definition) is 0. The van der Waals surface area contributed by atoms with Gasteiger partial charge in [0.1, 0.15) is 11.6 Å². The van der Waals surface area contributed by atoms with Crippen LogP contribution in [0.2, 0.25) is 0 Å². The summed E-state index contributed by atoms with van der Waals surface area (Å²) in [5.41, 5.74) is 3.24. The molecule has 0 saturated carbocycles. The molecule has 33 heavy (non-hydrogen) atoms. The molecule has 0 bridgehead atoms. The molecule has 1 aliphatic rings. The second kappa shape index (κ2) is 11.0. The zero-order valence-corrected chi connectivity index (χ0v) is 19.7. The fourth-order valence-corrected chi connectivity index (χ4v) is 5.50. The summed E-state index contributed by atoms with van der Waals surface area (Å²) in [5, 5.41) is 0. The summed E-state index contributed by atoms with van der Waals surface area (Å²) >= 11 is 0. The van der Waals surface area contributed by atoms with E-state index in [2.05, 4.69) is 11.0 Å². The van der Waals surface area contributed by atoms with Crippen molar-refractivity contribution >= 4 is 10.8 Å². The Hall–Kier alpha value is -2.63. The second-order valence-electron chi connectivity index (χ2n) is 8.60. The van der Waals surface area contributed by atoms with Crippen molar-refractivity contribution in [1.29, 1.82) is 0 Å². The molecule has 172 valence electrons. The van der Waals surface area contributed by atoms with E-state index < -0.39 is 10.8 Å². The lowest BCUT2D eigenvalue weighted by Gasteiger charge is -2.27. The molecule has 0 fully saturated rings. The highest BCUT2D eigenvalue weighted by atomic mass is 32.2. The van der Waals surface area contributed by atoms with E-state index in [-0.39, 0.29) is 17.6 Å². The van der Waals surface area contributed by atoms with Gasteiger partial charge in [0.15, 0.2) is 0 Å². The van der Waals surface area contributed by atoms with Gasteiger partial charge in [0.2, 0.25) is 0 Å². The molecule has 0 aliphatic carbocycles. The van der Waals surface area contributed by atoms with Crippen LogP contribution in [0.5, 0.6) is 0 Å². The standard InChI is InChI=1S/C28H29F2NOS/c1-21-4-14-26(15-5-21)33(32)27-16-19-31(20-17-27)18-2-3-28(22-6-10-24(29)11-7-22)23-8-12-25(30)13-9-23/h4-16,28H,2-3,17-20H2,1H3/t33-/m0/s1. The van der Waals surface area contributed by atoms with Crippen LogP contribution in [0.4, 0.5) is 8.78 Å². The van der Waals surface area contributed by atoms with Crippen LogP contribution >= 0.6 is 0 Å². The van der Waals surface area contributed by atoms with Crippen LogP contribution in [0.3, 0.4) is 0 Å². The van der Waals surface area contributed by atoms with Gasteiger partial charge in [-0.25, -0.2) is 13.0 Å². The topological polar surface area (TPSA) is 20.3 Å². The minimum Gasteiger partial charge on any atom is -0.299 e. The van der Waals surface area contributed by atoms with E-state index in [4.69, 9.17) is 0 Å². The second-order valence-corrected chi connectivity index (χ2v) is 10.1. The first kappa shape index (κ1) is 23.5. The van der Waals surface area contributed by atoms with Gasteiger partial charge >= 0.3 is 0 Å². The molecule has 1 heterocycles. The highest BCUT2D eigenvalue weighted by Crippen LogP contribution is 2.30. The molecule has 1 atom stereocenters. The van der Waals surface area contributed by atoms with E-state index >= 15 is 0 Å². The fraction of sp³-hybridized carbons (Fsp3) is 0.286. The maximum Gasteiger partial charge on any atom is 0.123 e. The molecule has 0 spiro atoms. The summed E-state index contributed by atoms with van der Waals surface area (Å²) < 4.78 is 39.7. The molecular weight excluding hydrogens is 436 g/mol. The summed E-state index contributed by atoms with van der Waals surface area (Å²) in [5.74, 6) is -0.415. The molecule has 0 amide bonds. The fourth-order valence-electron chi connectivity index (χ4n) is 4.31.